The second-order valence-corrected chi connectivity index (χ2v) is 5.39. The molecule has 4 rings (SSSR count). The summed E-state index contributed by atoms with van der Waals surface area (Å²) in [7, 11) is 0. The number of nitrogens with one attached hydrogen (secondary N) is 1. The van der Waals surface area contributed by atoms with Gasteiger partial charge in [-0.1, -0.05) is 12.1 Å². The third-order valence-electron chi connectivity index (χ3n) is 3.67. The maximum Gasteiger partial charge on any atom is 0.184 e. The molecule has 5 nitrogen and oxygen atoms in total. The zero-order chi connectivity index (χ0) is 14.9. The van der Waals surface area contributed by atoms with Crippen LogP contribution in [0.4, 0.5) is 5.69 Å². The quantitative estimate of drug-likeness (QED) is 0.807. The van der Waals surface area contributed by atoms with Gasteiger partial charge in [0.1, 0.15) is 18.9 Å². The molecule has 2 aromatic heterocycles. The fourth-order valence-electron chi connectivity index (χ4n) is 2.64. The second kappa shape index (κ2) is 5.26. The molecule has 112 valence electrons. The van der Waals surface area contributed by atoms with E-state index in [1.165, 1.54) is 5.56 Å². The number of rotatable bonds is 3. The number of pyridine rings is 1. The number of hydrogen-bond acceptors (Lipinski definition) is 4. The maximum atomic E-state index is 5.70. The number of aryl methyl sites for hydroxylation is 1. The summed E-state index contributed by atoms with van der Waals surface area (Å²) in [5, 5.41) is 3.38. The van der Waals surface area contributed by atoms with Crippen LogP contribution in [0, 0.1) is 6.92 Å². The summed E-state index contributed by atoms with van der Waals surface area (Å²) >= 11 is 0. The Labute approximate surface area is 128 Å². The summed E-state index contributed by atoms with van der Waals surface area (Å²) in [5.41, 5.74) is 4.09. The zero-order valence-electron chi connectivity index (χ0n) is 12.4. The summed E-state index contributed by atoms with van der Waals surface area (Å²) in [6.07, 6.45) is 4.12. The third-order valence-corrected chi connectivity index (χ3v) is 3.67. The molecule has 1 N–H and O–H groups in total. The van der Waals surface area contributed by atoms with E-state index in [9.17, 15) is 0 Å². The zero-order valence-corrected chi connectivity index (χ0v) is 12.4. The van der Waals surface area contributed by atoms with Gasteiger partial charge in [-0.25, -0.2) is 4.98 Å². The predicted octanol–water partition coefficient (Wildman–Crippen LogP) is 3.03. The minimum atomic E-state index is 0.583. The molecule has 3 aromatic rings. The molecule has 0 spiro atoms. The Morgan fingerprint density at radius 1 is 1.14 bits per heavy atom. The Balaban J connectivity index is 1.56. The van der Waals surface area contributed by atoms with E-state index in [0.717, 1.165) is 28.5 Å². The monoisotopic (exact) mass is 295 g/mol. The number of anilines is 1. The highest BCUT2D eigenvalue weighted by Gasteiger charge is 2.15. The van der Waals surface area contributed by atoms with Gasteiger partial charge in [-0.05, 0) is 30.7 Å². The van der Waals surface area contributed by atoms with Crippen LogP contribution in [0.15, 0.2) is 42.7 Å². The SMILES string of the molecule is Cc1ccc2nc(CNc3cccc4c3OCCO4)cn2c1. The molecule has 0 radical (unpaired) electrons. The lowest BCUT2D eigenvalue weighted by atomic mass is 10.2. The van der Waals surface area contributed by atoms with Gasteiger partial charge in [0.05, 0.1) is 17.9 Å². The lowest BCUT2D eigenvalue weighted by molar-refractivity contribution is 0.172. The van der Waals surface area contributed by atoms with Gasteiger partial charge >= 0.3 is 0 Å². The van der Waals surface area contributed by atoms with Crippen molar-refractivity contribution < 1.29 is 9.47 Å². The molecule has 0 unspecified atom stereocenters. The second-order valence-electron chi connectivity index (χ2n) is 5.39. The highest BCUT2D eigenvalue weighted by molar-refractivity contribution is 5.63. The lowest BCUT2D eigenvalue weighted by Gasteiger charge is -2.21. The number of hydrogen-bond donors (Lipinski definition) is 1. The summed E-state index contributed by atoms with van der Waals surface area (Å²) in [6, 6.07) is 9.97. The predicted molar refractivity (Wildman–Crippen MR) is 84.7 cm³/mol. The molecule has 0 aliphatic carbocycles. The molecule has 1 aromatic carbocycles. The third kappa shape index (κ3) is 2.35. The standard InChI is InChI=1S/C17H17N3O2/c1-12-5-6-16-19-13(11-20(16)10-12)9-18-14-3-2-4-15-17(14)22-8-7-21-15/h2-6,10-11,18H,7-9H2,1H3. The van der Waals surface area contributed by atoms with Crippen molar-refractivity contribution in [3.63, 3.8) is 0 Å². The van der Waals surface area contributed by atoms with E-state index in [1.54, 1.807) is 0 Å². The van der Waals surface area contributed by atoms with E-state index in [1.807, 2.05) is 34.9 Å². The van der Waals surface area contributed by atoms with Crippen molar-refractivity contribution >= 4 is 11.3 Å². The molecule has 1 aliphatic heterocycles. The maximum absolute atomic E-state index is 5.70. The van der Waals surface area contributed by atoms with E-state index in [-0.39, 0.29) is 0 Å². The van der Waals surface area contributed by atoms with Gasteiger partial charge < -0.3 is 19.2 Å². The van der Waals surface area contributed by atoms with Crippen LogP contribution < -0.4 is 14.8 Å². The van der Waals surface area contributed by atoms with Gasteiger partial charge in [-0.15, -0.1) is 0 Å². The first-order chi connectivity index (χ1) is 10.8. The van der Waals surface area contributed by atoms with Crippen LogP contribution in [0.5, 0.6) is 11.5 Å². The van der Waals surface area contributed by atoms with Crippen LogP contribution >= 0.6 is 0 Å². The van der Waals surface area contributed by atoms with Crippen LogP contribution in [0.25, 0.3) is 5.65 Å². The normalized spacial score (nSPS) is 13.3. The van der Waals surface area contributed by atoms with Crippen LogP contribution in [0.1, 0.15) is 11.3 Å². The van der Waals surface area contributed by atoms with Crippen LogP contribution in [0.2, 0.25) is 0 Å². The van der Waals surface area contributed by atoms with E-state index in [4.69, 9.17) is 9.47 Å². The van der Waals surface area contributed by atoms with E-state index in [0.29, 0.717) is 19.8 Å². The average molecular weight is 295 g/mol. The molecular weight excluding hydrogens is 278 g/mol. The van der Waals surface area contributed by atoms with Crippen LogP contribution in [-0.2, 0) is 6.54 Å². The molecule has 1 aliphatic rings. The Hall–Kier alpha value is -2.69. The van der Waals surface area contributed by atoms with Crippen LogP contribution in [0.3, 0.4) is 0 Å². The first-order valence-corrected chi connectivity index (χ1v) is 7.36. The van der Waals surface area contributed by atoms with Crippen LogP contribution in [-0.4, -0.2) is 22.6 Å². The molecule has 0 atom stereocenters. The molecule has 5 heteroatoms. The fourth-order valence-corrected chi connectivity index (χ4v) is 2.64. The average Bonchev–Trinajstić information content (AvgIpc) is 2.95. The molecule has 0 saturated carbocycles. The number of ether oxygens (including phenoxy) is 2. The molecule has 0 amide bonds. The Morgan fingerprint density at radius 3 is 3.00 bits per heavy atom. The Morgan fingerprint density at radius 2 is 2.05 bits per heavy atom. The molecular formula is C17H17N3O2. The molecule has 0 saturated heterocycles. The first kappa shape index (κ1) is 13.0. The Kier molecular flexibility index (Phi) is 3.11. The smallest absolute Gasteiger partial charge is 0.184 e. The van der Waals surface area contributed by atoms with E-state index >= 15 is 0 Å². The van der Waals surface area contributed by atoms with Crippen molar-refractivity contribution in [3.05, 3.63) is 54.0 Å². The van der Waals surface area contributed by atoms with Crippen molar-refractivity contribution in [2.24, 2.45) is 0 Å². The highest BCUT2D eigenvalue weighted by Crippen LogP contribution is 2.37. The molecule has 0 fully saturated rings. The number of aromatic nitrogens is 2. The molecule has 22 heavy (non-hydrogen) atoms. The fraction of sp³-hybridized carbons (Fsp3) is 0.235. The van der Waals surface area contributed by atoms with Crippen molar-refractivity contribution in [3.8, 4) is 11.5 Å². The van der Waals surface area contributed by atoms with Crippen molar-refractivity contribution in [2.45, 2.75) is 13.5 Å². The largest absolute Gasteiger partial charge is 0.486 e. The molecule has 3 heterocycles. The van der Waals surface area contributed by atoms with Gasteiger partial charge in [0.15, 0.2) is 11.5 Å². The van der Waals surface area contributed by atoms with Gasteiger partial charge in [0.2, 0.25) is 0 Å². The van der Waals surface area contributed by atoms with Crippen molar-refractivity contribution in [2.75, 3.05) is 18.5 Å². The van der Waals surface area contributed by atoms with Crippen molar-refractivity contribution in [1.82, 2.24) is 9.38 Å². The number of fused-ring (bicyclic) bond motifs is 2. The molecule has 0 bridgehead atoms. The summed E-state index contributed by atoms with van der Waals surface area (Å²) in [6.45, 7) is 3.90. The van der Waals surface area contributed by atoms with E-state index in [2.05, 4.69) is 29.5 Å². The number of benzene rings is 1. The van der Waals surface area contributed by atoms with Gasteiger partial charge in [0.25, 0.3) is 0 Å². The summed E-state index contributed by atoms with van der Waals surface area (Å²) in [4.78, 5) is 4.61. The highest BCUT2D eigenvalue weighted by atomic mass is 16.6. The Bertz CT molecular complexity index is 826. The van der Waals surface area contributed by atoms with Gasteiger partial charge in [-0.3, -0.25) is 0 Å². The first-order valence-electron chi connectivity index (χ1n) is 7.36. The van der Waals surface area contributed by atoms with Gasteiger partial charge in [-0.2, -0.15) is 0 Å². The number of imidazole rings is 1. The summed E-state index contributed by atoms with van der Waals surface area (Å²) < 4.78 is 13.3. The number of nitrogens with zero attached hydrogens (tertiary/aromatic N) is 2. The summed E-state index contributed by atoms with van der Waals surface area (Å²) in [5.74, 6) is 1.58. The number of para-hydroxylation sites is 1. The van der Waals surface area contributed by atoms with Gasteiger partial charge in [0, 0.05) is 12.4 Å². The lowest BCUT2D eigenvalue weighted by Crippen LogP contribution is -2.16. The van der Waals surface area contributed by atoms with Crippen molar-refractivity contribution in [1.29, 1.82) is 0 Å². The van der Waals surface area contributed by atoms with E-state index < -0.39 is 0 Å². The minimum absolute atomic E-state index is 0.583. The topological polar surface area (TPSA) is 47.8 Å². The minimum Gasteiger partial charge on any atom is -0.486 e.